The lowest BCUT2D eigenvalue weighted by Crippen LogP contribution is -2.31. The molecule has 0 amide bonds. The number of rotatable bonds is 4. The lowest BCUT2D eigenvalue weighted by molar-refractivity contribution is -0.132. The number of Topliss-reactive ketones (excluding diaryl/α,β-unsaturated/α-hetero) is 2. The maximum atomic E-state index is 11.6. The van der Waals surface area contributed by atoms with E-state index in [1.165, 1.54) is 0 Å². The second-order valence-electron chi connectivity index (χ2n) is 4.04. The molecule has 0 spiro atoms. The van der Waals surface area contributed by atoms with Crippen LogP contribution in [-0.2, 0) is 9.59 Å². The molecule has 0 aromatic rings. The van der Waals surface area contributed by atoms with Crippen molar-refractivity contribution in [2.24, 2.45) is 11.3 Å². The molecule has 0 aromatic heterocycles. The maximum absolute atomic E-state index is 11.6. The average Bonchev–Trinajstić information content (AvgIpc) is 2.03. The van der Waals surface area contributed by atoms with Gasteiger partial charge in [-0.3, -0.25) is 9.59 Å². The lowest BCUT2D eigenvalue weighted by atomic mass is 9.76. The summed E-state index contributed by atoms with van der Waals surface area (Å²) in [6.07, 6.45) is 4.75. The topological polar surface area (TPSA) is 34.1 Å². The van der Waals surface area contributed by atoms with Crippen molar-refractivity contribution in [3.63, 3.8) is 0 Å². The zero-order valence-corrected chi connectivity index (χ0v) is 8.68. The average molecular weight is 180 g/mol. The quantitative estimate of drug-likeness (QED) is 0.376. The van der Waals surface area contributed by atoms with E-state index in [4.69, 9.17) is 6.42 Å². The Morgan fingerprint density at radius 1 is 1.38 bits per heavy atom. The Morgan fingerprint density at radius 3 is 2.15 bits per heavy atom. The first-order valence-electron chi connectivity index (χ1n) is 4.35. The number of terminal acetylenes is 1. The fraction of sp³-hybridized carbons (Fsp3) is 0.636. The summed E-state index contributed by atoms with van der Waals surface area (Å²) in [4.78, 5) is 22.4. The molecule has 0 N–H and O–H groups in total. The number of hydrogen-bond acceptors (Lipinski definition) is 2. The summed E-state index contributed by atoms with van der Waals surface area (Å²) >= 11 is 0. The summed E-state index contributed by atoms with van der Waals surface area (Å²) in [7, 11) is 0. The Bertz CT molecular complexity index is 254. The minimum atomic E-state index is -0.466. The van der Waals surface area contributed by atoms with Crippen LogP contribution in [0.25, 0.3) is 0 Å². The van der Waals surface area contributed by atoms with Crippen LogP contribution in [-0.4, -0.2) is 11.6 Å². The summed E-state index contributed by atoms with van der Waals surface area (Å²) < 4.78 is 0. The standard InChI is InChI=1S/C11H16O2/c1-6-9(12)7-10(13)11(4,5)8(2)3/h1,8H,7H2,2-5H3. The molecule has 0 atom stereocenters. The summed E-state index contributed by atoms with van der Waals surface area (Å²) in [6, 6.07) is 0. The molecule has 0 bridgehead atoms. The van der Waals surface area contributed by atoms with Gasteiger partial charge < -0.3 is 0 Å². The van der Waals surface area contributed by atoms with E-state index in [1.54, 1.807) is 0 Å². The Hall–Kier alpha value is -1.10. The van der Waals surface area contributed by atoms with E-state index >= 15 is 0 Å². The van der Waals surface area contributed by atoms with Gasteiger partial charge in [-0.25, -0.2) is 0 Å². The van der Waals surface area contributed by atoms with E-state index in [-0.39, 0.29) is 18.1 Å². The van der Waals surface area contributed by atoms with Crippen molar-refractivity contribution < 1.29 is 9.59 Å². The van der Waals surface area contributed by atoms with Gasteiger partial charge in [-0.15, -0.1) is 6.42 Å². The van der Waals surface area contributed by atoms with Crippen molar-refractivity contribution in [3.05, 3.63) is 0 Å². The molecule has 13 heavy (non-hydrogen) atoms. The molecule has 0 saturated heterocycles. The molecule has 0 heterocycles. The van der Waals surface area contributed by atoms with E-state index < -0.39 is 11.2 Å². The van der Waals surface area contributed by atoms with Crippen LogP contribution < -0.4 is 0 Å². The van der Waals surface area contributed by atoms with Crippen molar-refractivity contribution in [3.8, 4) is 12.3 Å². The summed E-state index contributed by atoms with van der Waals surface area (Å²) in [5.41, 5.74) is -0.466. The van der Waals surface area contributed by atoms with Gasteiger partial charge in [0.05, 0.1) is 6.42 Å². The van der Waals surface area contributed by atoms with Gasteiger partial charge in [-0.05, 0) is 11.8 Å². The van der Waals surface area contributed by atoms with Crippen molar-refractivity contribution in [1.29, 1.82) is 0 Å². The van der Waals surface area contributed by atoms with E-state index in [1.807, 2.05) is 33.6 Å². The van der Waals surface area contributed by atoms with Crippen molar-refractivity contribution in [1.82, 2.24) is 0 Å². The molecule has 2 heteroatoms. The first-order chi connectivity index (χ1) is 5.82. The molecular formula is C11H16O2. The third-order valence-corrected chi connectivity index (χ3v) is 2.64. The normalized spacial score (nSPS) is 11.1. The molecule has 2 nitrogen and oxygen atoms in total. The van der Waals surface area contributed by atoms with Crippen molar-refractivity contribution in [2.45, 2.75) is 34.1 Å². The van der Waals surface area contributed by atoms with Crippen LogP contribution in [0.1, 0.15) is 34.1 Å². The molecule has 0 aliphatic carbocycles. The Labute approximate surface area is 79.7 Å². The predicted octanol–water partition coefficient (Wildman–Crippen LogP) is 1.83. The highest BCUT2D eigenvalue weighted by molar-refractivity contribution is 6.08. The highest BCUT2D eigenvalue weighted by Crippen LogP contribution is 2.28. The van der Waals surface area contributed by atoms with Gasteiger partial charge in [-0.1, -0.05) is 27.7 Å². The summed E-state index contributed by atoms with van der Waals surface area (Å²) in [5.74, 6) is 1.65. The summed E-state index contributed by atoms with van der Waals surface area (Å²) in [5, 5.41) is 0. The molecule has 72 valence electrons. The van der Waals surface area contributed by atoms with E-state index in [0.29, 0.717) is 0 Å². The van der Waals surface area contributed by atoms with Gasteiger partial charge in [0.1, 0.15) is 5.78 Å². The van der Waals surface area contributed by atoms with Gasteiger partial charge in [0.15, 0.2) is 0 Å². The van der Waals surface area contributed by atoms with Crippen LogP contribution >= 0.6 is 0 Å². The van der Waals surface area contributed by atoms with Gasteiger partial charge >= 0.3 is 0 Å². The smallest absolute Gasteiger partial charge is 0.212 e. The minimum absolute atomic E-state index is 0.0783. The minimum Gasteiger partial charge on any atom is -0.299 e. The van der Waals surface area contributed by atoms with Crippen LogP contribution in [0.2, 0.25) is 0 Å². The molecule has 0 aliphatic heterocycles. The number of carbonyl (C=O) groups is 2. The number of hydrogen-bond donors (Lipinski definition) is 0. The molecule has 0 rings (SSSR count). The van der Waals surface area contributed by atoms with Gasteiger partial charge in [-0.2, -0.15) is 0 Å². The zero-order chi connectivity index (χ0) is 10.6. The molecular weight excluding hydrogens is 164 g/mol. The first kappa shape index (κ1) is 11.9. The monoisotopic (exact) mass is 180 g/mol. The Kier molecular flexibility index (Phi) is 3.87. The number of ketones is 2. The molecule has 0 unspecified atom stereocenters. The van der Waals surface area contributed by atoms with Crippen LogP contribution in [0, 0.1) is 23.7 Å². The molecule has 0 fully saturated rings. The molecule has 0 saturated carbocycles. The van der Waals surface area contributed by atoms with Crippen LogP contribution in [0.4, 0.5) is 0 Å². The van der Waals surface area contributed by atoms with Gasteiger partial charge in [0.2, 0.25) is 5.78 Å². The van der Waals surface area contributed by atoms with Crippen molar-refractivity contribution >= 4 is 11.6 Å². The van der Waals surface area contributed by atoms with Crippen molar-refractivity contribution in [2.75, 3.05) is 0 Å². The second kappa shape index (κ2) is 4.23. The predicted molar refractivity (Wildman–Crippen MR) is 52.1 cm³/mol. The zero-order valence-electron chi connectivity index (χ0n) is 8.68. The third-order valence-electron chi connectivity index (χ3n) is 2.64. The van der Waals surface area contributed by atoms with Crippen LogP contribution in [0.15, 0.2) is 0 Å². The van der Waals surface area contributed by atoms with E-state index in [0.717, 1.165) is 0 Å². The fourth-order valence-corrected chi connectivity index (χ4v) is 0.747. The summed E-state index contributed by atoms with van der Waals surface area (Å²) in [6.45, 7) is 7.59. The van der Waals surface area contributed by atoms with Crippen LogP contribution in [0.5, 0.6) is 0 Å². The first-order valence-corrected chi connectivity index (χ1v) is 4.35. The van der Waals surface area contributed by atoms with E-state index in [2.05, 4.69) is 0 Å². The molecule has 0 radical (unpaired) electrons. The molecule has 0 aromatic carbocycles. The lowest BCUT2D eigenvalue weighted by Gasteiger charge is -2.26. The maximum Gasteiger partial charge on any atom is 0.212 e. The molecule has 0 aliphatic rings. The SMILES string of the molecule is C#CC(=O)CC(=O)C(C)(C)C(C)C. The fourth-order valence-electron chi connectivity index (χ4n) is 0.747. The highest BCUT2D eigenvalue weighted by Gasteiger charge is 2.31. The Morgan fingerprint density at radius 2 is 1.85 bits per heavy atom. The largest absolute Gasteiger partial charge is 0.299 e. The van der Waals surface area contributed by atoms with Gasteiger partial charge in [0, 0.05) is 5.41 Å². The van der Waals surface area contributed by atoms with Gasteiger partial charge in [0.25, 0.3) is 0 Å². The number of carbonyl (C=O) groups excluding carboxylic acids is 2. The highest BCUT2D eigenvalue weighted by atomic mass is 16.1. The van der Waals surface area contributed by atoms with E-state index in [9.17, 15) is 9.59 Å². The second-order valence-corrected chi connectivity index (χ2v) is 4.04. The van der Waals surface area contributed by atoms with Crippen LogP contribution in [0.3, 0.4) is 0 Å². The Balaban J connectivity index is 4.45. The third kappa shape index (κ3) is 3.02.